The van der Waals surface area contributed by atoms with Crippen molar-refractivity contribution in [1.29, 1.82) is 0 Å². The van der Waals surface area contributed by atoms with Gasteiger partial charge in [0.1, 0.15) is 0 Å². The number of hydrogen-bond acceptors (Lipinski definition) is 7. The number of H-pyrrole nitrogens is 1. The molecule has 2 heterocycles. The first kappa shape index (κ1) is 28.2. The lowest BCUT2D eigenvalue weighted by atomic mass is 10.1. The molecule has 0 bridgehead atoms. The molecule has 0 fully saturated rings. The Morgan fingerprint density at radius 2 is 1.95 bits per heavy atom. The number of hydrogen-bond donors (Lipinski definition) is 3. The first-order valence-electron chi connectivity index (χ1n) is 12.5. The average molecular weight is 548 g/mol. The predicted molar refractivity (Wildman–Crippen MR) is 155 cm³/mol. The summed E-state index contributed by atoms with van der Waals surface area (Å²) >= 11 is 0. The van der Waals surface area contributed by atoms with Gasteiger partial charge in [0.15, 0.2) is 5.75 Å². The molecule has 2 aromatic heterocycles. The number of alkyl halides is 2. The molecule has 4 aromatic rings. The van der Waals surface area contributed by atoms with Gasteiger partial charge in [-0.1, -0.05) is 36.9 Å². The zero-order chi connectivity index (χ0) is 28.6. The summed E-state index contributed by atoms with van der Waals surface area (Å²) in [5.41, 5.74) is 3.50. The largest absolute Gasteiger partial charge is 0.433 e. The molecule has 0 saturated carbocycles. The van der Waals surface area contributed by atoms with E-state index in [-0.39, 0.29) is 17.4 Å². The number of anilines is 4. The fraction of sp³-hybridized carbons (Fsp3) is 0.207. The van der Waals surface area contributed by atoms with Crippen molar-refractivity contribution < 1.29 is 18.3 Å². The number of ether oxygens (including phenoxy) is 1. The molecule has 0 unspecified atom stereocenters. The minimum absolute atomic E-state index is 0.123. The quantitative estimate of drug-likeness (QED) is 0.156. The minimum atomic E-state index is -3.07. The molecule has 4 rings (SSSR count). The number of fused-ring (bicyclic) bond motifs is 1. The Hall–Kier alpha value is -4.77. The van der Waals surface area contributed by atoms with Crippen LogP contribution in [0.4, 0.5) is 31.8 Å². The number of carbonyl (C=O) groups excluding carboxylic acids is 1. The number of likely N-dealkylation sites (N-methyl/N-ethyl adjacent to an activating group) is 2. The number of aromatic amines is 1. The van der Waals surface area contributed by atoms with Crippen molar-refractivity contribution in [3.63, 3.8) is 0 Å². The molecule has 0 aliphatic carbocycles. The molecule has 11 heteroatoms. The van der Waals surface area contributed by atoms with Crippen LogP contribution in [-0.2, 0) is 4.79 Å². The first-order valence-corrected chi connectivity index (χ1v) is 12.5. The molecule has 0 spiro atoms. The number of benzene rings is 2. The van der Waals surface area contributed by atoms with E-state index in [4.69, 9.17) is 4.74 Å². The Morgan fingerprint density at radius 1 is 1.15 bits per heavy atom. The molecule has 0 saturated heterocycles. The number of amides is 1. The fourth-order valence-electron chi connectivity index (χ4n) is 4.05. The second kappa shape index (κ2) is 12.9. The summed E-state index contributed by atoms with van der Waals surface area (Å²) in [5, 5.41) is 6.80. The van der Waals surface area contributed by atoms with Crippen LogP contribution in [0, 0.1) is 0 Å². The van der Waals surface area contributed by atoms with Crippen molar-refractivity contribution in [1.82, 2.24) is 19.9 Å². The highest BCUT2D eigenvalue weighted by Gasteiger charge is 2.19. The van der Waals surface area contributed by atoms with Crippen LogP contribution in [-0.4, -0.2) is 66.6 Å². The molecule has 208 valence electrons. The molecule has 0 radical (unpaired) electrons. The minimum Gasteiger partial charge on any atom is -0.433 e. The normalized spacial score (nSPS) is 11.4. The van der Waals surface area contributed by atoms with E-state index < -0.39 is 12.5 Å². The summed E-state index contributed by atoms with van der Waals surface area (Å²) in [4.78, 5) is 28.5. The van der Waals surface area contributed by atoms with Gasteiger partial charge in [-0.05, 0) is 32.3 Å². The highest BCUT2D eigenvalue weighted by Crippen LogP contribution is 2.39. The van der Waals surface area contributed by atoms with Crippen LogP contribution in [0.2, 0.25) is 0 Å². The number of halogens is 2. The lowest BCUT2D eigenvalue weighted by molar-refractivity contribution is -0.111. The second-order valence-corrected chi connectivity index (χ2v) is 9.19. The van der Waals surface area contributed by atoms with Crippen molar-refractivity contribution in [3.05, 3.63) is 79.7 Å². The number of nitrogens with zero attached hydrogens (tertiary/aromatic N) is 4. The number of para-hydroxylation sites is 1. The van der Waals surface area contributed by atoms with Gasteiger partial charge < -0.3 is 30.2 Å². The molecule has 2 aromatic carbocycles. The Balaban J connectivity index is 1.74. The maximum Gasteiger partial charge on any atom is 0.387 e. The molecular formula is C29H31F2N7O2. The summed E-state index contributed by atoms with van der Waals surface area (Å²) in [6.07, 6.45) is 7.73. The lowest BCUT2D eigenvalue weighted by Gasteiger charge is -2.26. The van der Waals surface area contributed by atoms with Gasteiger partial charge in [-0.2, -0.15) is 8.78 Å². The Labute approximate surface area is 231 Å². The van der Waals surface area contributed by atoms with Crippen LogP contribution in [0.1, 0.15) is 0 Å². The number of aromatic nitrogens is 3. The Bertz CT molecular complexity index is 1520. The van der Waals surface area contributed by atoms with Crippen molar-refractivity contribution >= 4 is 39.8 Å². The lowest BCUT2D eigenvalue weighted by Crippen LogP contribution is -2.29. The van der Waals surface area contributed by atoms with Gasteiger partial charge in [0.05, 0.1) is 22.8 Å². The van der Waals surface area contributed by atoms with Crippen LogP contribution in [0.15, 0.2) is 79.7 Å². The third-order valence-electron chi connectivity index (χ3n) is 6.02. The van der Waals surface area contributed by atoms with Crippen LogP contribution in [0.5, 0.6) is 5.75 Å². The average Bonchev–Trinajstić information content (AvgIpc) is 3.36. The maximum atomic E-state index is 13.5. The van der Waals surface area contributed by atoms with Gasteiger partial charge in [-0.3, -0.25) is 4.79 Å². The van der Waals surface area contributed by atoms with Crippen molar-refractivity contribution in [2.24, 2.45) is 0 Å². The number of nitrogens with one attached hydrogen (secondary N) is 3. The van der Waals surface area contributed by atoms with Gasteiger partial charge in [-0.15, -0.1) is 0 Å². The maximum absolute atomic E-state index is 13.5. The van der Waals surface area contributed by atoms with Gasteiger partial charge in [0.2, 0.25) is 11.9 Å². The highest BCUT2D eigenvalue weighted by molar-refractivity contribution is 6.02. The van der Waals surface area contributed by atoms with Crippen molar-refractivity contribution in [2.75, 3.05) is 49.8 Å². The predicted octanol–water partition coefficient (Wildman–Crippen LogP) is 5.65. The highest BCUT2D eigenvalue weighted by atomic mass is 19.3. The third-order valence-corrected chi connectivity index (χ3v) is 6.02. The Morgan fingerprint density at radius 3 is 2.70 bits per heavy atom. The molecule has 40 heavy (non-hydrogen) atoms. The summed E-state index contributed by atoms with van der Waals surface area (Å²) in [6.45, 7) is 1.76. The molecule has 9 nitrogen and oxygen atoms in total. The van der Waals surface area contributed by atoms with E-state index in [0.29, 0.717) is 30.2 Å². The second-order valence-electron chi connectivity index (χ2n) is 9.19. The van der Waals surface area contributed by atoms with E-state index in [1.807, 2.05) is 54.4 Å². The molecular weight excluding hydrogens is 516 g/mol. The summed E-state index contributed by atoms with van der Waals surface area (Å²) < 4.78 is 31.8. The third kappa shape index (κ3) is 7.00. The van der Waals surface area contributed by atoms with Crippen LogP contribution in [0.25, 0.3) is 22.2 Å². The summed E-state index contributed by atoms with van der Waals surface area (Å²) in [5.74, 6) is -0.366. The monoisotopic (exact) mass is 547 g/mol. The first-order chi connectivity index (χ1) is 19.2. The van der Waals surface area contributed by atoms with Crippen molar-refractivity contribution in [3.8, 4) is 17.0 Å². The number of carbonyl (C=O) groups is 1. The van der Waals surface area contributed by atoms with E-state index >= 15 is 0 Å². The number of rotatable bonds is 12. The summed E-state index contributed by atoms with van der Waals surface area (Å²) in [6, 6.07) is 12.6. The van der Waals surface area contributed by atoms with E-state index in [9.17, 15) is 13.6 Å². The van der Waals surface area contributed by atoms with Crippen LogP contribution in [0.3, 0.4) is 0 Å². The van der Waals surface area contributed by atoms with E-state index in [2.05, 4.69) is 32.2 Å². The van der Waals surface area contributed by atoms with E-state index in [1.165, 1.54) is 30.4 Å². The Kier molecular flexibility index (Phi) is 9.07. The van der Waals surface area contributed by atoms with Gasteiger partial charge in [0.25, 0.3) is 0 Å². The fourth-order valence-corrected chi connectivity index (χ4v) is 4.05. The molecule has 0 atom stereocenters. The van der Waals surface area contributed by atoms with Crippen LogP contribution >= 0.6 is 0 Å². The SMILES string of the molecule is C=C/C=C\C(=O)Nc1cc(Nc2nccc(-c3c[nH]c4ccccc34)n2)c(OC(F)F)cc1N(C)CCN(C)C. The smallest absolute Gasteiger partial charge is 0.387 e. The molecule has 1 amide bonds. The summed E-state index contributed by atoms with van der Waals surface area (Å²) in [7, 11) is 5.67. The van der Waals surface area contributed by atoms with Gasteiger partial charge >= 0.3 is 6.61 Å². The van der Waals surface area contributed by atoms with E-state index in [0.717, 1.165) is 16.5 Å². The topological polar surface area (TPSA) is 98.4 Å². The number of allylic oxidation sites excluding steroid dienone is 2. The molecule has 0 aliphatic heterocycles. The zero-order valence-corrected chi connectivity index (χ0v) is 22.5. The molecule has 3 N–H and O–H groups in total. The van der Waals surface area contributed by atoms with E-state index in [1.54, 1.807) is 19.3 Å². The van der Waals surface area contributed by atoms with Gasteiger partial charge in [-0.25, -0.2) is 9.97 Å². The standard InChI is InChI=1S/C29H31F2N7O2/c1-5-6-11-27(39)34-23-16-24(26(40-28(30)31)17-25(23)38(4)15-14-37(2)3)36-29-32-13-12-22(35-29)20-18-33-21-10-8-7-9-19(20)21/h5-13,16-18,28,33H,1,14-15H2,2-4H3,(H,34,39)(H,32,35,36)/b11-6-. The van der Waals surface area contributed by atoms with Gasteiger partial charge in [0, 0.05) is 61.1 Å². The zero-order valence-electron chi connectivity index (χ0n) is 22.5. The van der Waals surface area contributed by atoms with Crippen molar-refractivity contribution in [2.45, 2.75) is 6.61 Å². The van der Waals surface area contributed by atoms with Crippen LogP contribution < -0.4 is 20.3 Å². The molecule has 0 aliphatic rings.